The fraction of sp³-hybridized carbons (Fsp3) is 0.700. The van der Waals surface area contributed by atoms with Gasteiger partial charge in [-0.3, -0.25) is 4.79 Å². The van der Waals surface area contributed by atoms with E-state index in [0.29, 0.717) is 6.54 Å². The summed E-state index contributed by atoms with van der Waals surface area (Å²) in [5.41, 5.74) is 0. The number of carbonyl (C=O) groups is 1. The van der Waals surface area contributed by atoms with Gasteiger partial charge in [0.1, 0.15) is 0 Å². The van der Waals surface area contributed by atoms with Gasteiger partial charge >= 0.3 is 0 Å². The Morgan fingerprint density at radius 3 is 2.93 bits per heavy atom. The van der Waals surface area contributed by atoms with Crippen LogP contribution in [0.2, 0.25) is 0 Å². The molecule has 1 rings (SSSR count). The number of rotatable bonds is 6. The number of amides is 1. The quantitative estimate of drug-likeness (QED) is 0.401. The zero-order valence-corrected chi connectivity index (χ0v) is 9.15. The van der Waals surface area contributed by atoms with Crippen molar-refractivity contribution in [2.24, 2.45) is 16.1 Å². The summed E-state index contributed by atoms with van der Waals surface area (Å²) in [6.07, 6.45) is 5.72. The highest BCUT2D eigenvalue weighted by molar-refractivity contribution is 5.79. The van der Waals surface area contributed by atoms with Crippen molar-refractivity contribution in [3.63, 3.8) is 0 Å². The molecular weight excluding hydrogens is 192 g/mol. The Kier molecular flexibility index (Phi) is 4.80. The normalized spacial score (nSPS) is 16.1. The summed E-state index contributed by atoms with van der Waals surface area (Å²) >= 11 is 0. The van der Waals surface area contributed by atoms with Gasteiger partial charge in [-0.05, 0) is 12.8 Å². The van der Waals surface area contributed by atoms with Crippen LogP contribution >= 0.6 is 0 Å². The third kappa shape index (κ3) is 4.10. The molecule has 0 aliphatic heterocycles. The van der Waals surface area contributed by atoms with Crippen molar-refractivity contribution >= 4 is 18.8 Å². The summed E-state index contributed by atoms with van der Waals surface area (Å²) in [5.74, 6) is 0.448. The molecule has 0 unspecified atom stereocenters. The van der Waals surface area contributed by atoms with Gasteiger partial charge in [0.05, 0.1) is 0 Å². The van der Waals surface area contributed by atoms with E-state index in [1.165, 1.54) is 11.5 Å². The van der Waals surface area contributed by atoms with Gasteiger partial charge in [-0.2, -0.15) is 15.3 Å². The van der Waals surface area contributed by atoms with E-state index in [1.807, 2.05) is 0 Å². The molecule has 0 heterocycles. The summed E-state index contributed by atoms with van der Waals surface area (Å²) < 4.78 is 0. The Morgan fingerprint density at radius 1 is 1.67 bits per heavy atom. The first-order valence-electron chi connectivity index (χ1n) is 5.24. The minimum atomic E-state index is 0.185. The van der Waals surface area contributed by atoms with E-state index >= 15 is 0 Å². The maximum atomic E-state index is 11.4. The molecule has 0 spiro atoms. The van der Waals surface area contributed by atoms with Crippen molar-refractivity contribution in [3.05, 3.63) is 0 Å². The molecule has 0 saturated heterocycles. The van der Waals surface area contributed by atoms with Crippen LogP contribution in [0, 0.1) is 5.92 Å². The van der Waals surface area contributed by atoms with Crippen molar-refractivity contribution in [3.8, 4) is 0 Å². The lowest BCUT2D eigenvalue weighted by molar-refractivity contribution is -0.127. The highest BCUT2D eigenvalue weighted by atomic mass is 16.1. The van der Waals surface area contributed by atoms with Gasteiger partial charge in [0.15, 0.2) is 0 Å². The number of nitrogens with one attached hydrogen (secondary N) is 1. The third-order valence-corrected chi connectivity index (χ3v) is 2.50. The third-order valence-electron chi connectivity index (χ3n) is 2.50. The maximum Gasteiger partial charge on any atom is 0.223 e. The monoisotopic (exact) mass is 210 g/mol. The molecule has 1 aliphatic carbocycles. The van der Waals surface area contributed by atoms with E-state index < -0.39 is 0 Å². The van der Waals surface area contributed by atoms with Gasteiger partial charge in [-0.1, -0.05) is 6.42 Å². The molecule has 1 amide bonds. The average Bonchev–Trinajstić information content (AvgIpc) is 2.14. The van der Waals surface area contributed by atoms with Crippen LogP contribution in [0.15, 0.2) is 10.2 Å². The first-order chi connectivity index (χ1) is 7.24. The lowest BCUT2D eigenvalue weighted by atomic mass is 9.85. The zero-order valence-electron chi connectivity index (χ0n) is 9.15. The van der Waals surface area contributed by atoms with Crippen molar-refractivity contribution in [2.45, 2.75) is 25.7 Å². The minimum Gasteiger partial charge on any atom is -0.355 e. The van der Waals surface area contributed by atoms with E-state index in [2.05, 4.69) is 22.2 Å². The predicted molar refractivity (Wildman–Crippen MR) is 60.8 cm³/mol. The van der Waals surface area contributed by atoms with Crippen molar-refractivity contribution in [2.75, 3.05) is 13.6 Å². The highest BCUT2D eigenvalue weighted by Crippen LogP contribution is 2.25. The molecule has 0 aromatic carbocycles. The molecule has 1 saturated carbocycles. The van der Waals surface area contributed by atoms with Crippen LogP contribution in [0.4, 0.5) is 0 Å². The maximum absolute atomic E-state index is 11.4. The Morgan fingerprint density at radius 2 is 2.40 bits per heavy atom. The Bertz CT molecular complexity index is 248. The van der Waals surface area contributed by atoms with Gasteiger partial charge in [0, 0.05) is 38.9 Å². The molecule has 5 nitrogen and oxygen atoms in total. The summed E-state index contributed by atoms with van der Waals surface area (Å²) in [4.78, 5) is 11.4. The van der Waals surface area contributed by atoms with Crippen LogP contribution in [-0.4, -0.2) is 37.5 Å². The van der Waals surface area contributed by atoms with E-state index in [-0.39, 0.29) is 11.8 Å². The molecule has 0 aromatic heterocycles. The van der Waals surface area contributed by atoms with Gasteiger partial charge in [0.25, 0.3) is 0 Å². The predicted octanol–water partition coefficient (Wildman–Crippen LogP) is 0.826. The van der Waals surface area contributed by atoms with Gasteiger partial charge in [-0.15, -0.1) is 0 Å². The minimum absolute atomic E-state index is 0.185. The summed E-state index contributed by atoms with van der Waals surface area (Å²) in [6, 6.07) is 0. The number of nitrogens with zero attached hydrogens (tertiary/aromatic N) is 3. The Balaban J connectivity index is 2.03. The van der Waals surface area contributed by atoms with Crippen LogP contribution in [0.5, 0.6) is 0 Å². The SMILES string of the molecule is C=NN(C)/N=C\CCNC(=O)C1CCC1. The fourth-order valence-electron chi connectivity index (χ4n) is 1.29. The van der Waals surface area contributed by atoms with Crippen LogP contribution in [0.1, 0.15) is 25.7 Å². The molecule has 1 fully saturated rings. The van der Waals surface area contributed by atoms with E-state index in [0.717, 1.165) is 19.3 Å². The number of hydrazone groups is 2. The standard InChI is InChI=1S/C10H18N4O/c1-11-14(2)13-8-4-7-12-10(15)9-5-3-6-9/h8-9H,1,3-7H2,2H3,(H,12,15)/b13-8-. The second kappa shape index (κ2) is 6.16. The summed E-state index contributed by atoms with van der Waals surface area (Å²) in [5, 5.41) is 11.8. The summed E-state index contributed by atoms with van der Waals surface area (Å²) in [6.45, 7) is 3.96. The van der Waals surface area contributed by atoms with Gasteiger partial charge in [-0.25, -0.2) is 0 Å². The lowest BCUT2D eigenvalue weighted by Crippen LogP contribution is -2.35. The number of carbonyl (C=O) groups excluding carboxylic acids is 1. The molecule has 1 aliphatic rings. The van der Waals surface area contributed by atoms with Crippen LogP contribution in [0.25, 0.3) is 0 Å². The largest absolute Gasteiger partial charge is 0.355 e. The molecule has 0 bridgehead atoms. The van der Waals surface area contributed by atoms with Crippen molar-refractivity contribution < 1.29 is 4.79 Å². The molecule has 1 N–H and O–H groups in total. The van der Waals surface area contributed by atoms with Gasteiger partial charge < -0.3 is 5.32 Å². The molecule has 5 heteroatoms. The van der Waals surface area contributed by atoms with Crippen LogP contribution in [0.3, 0.4) is 0 Å². The molecule has 0 radical (unpaired) electrons. The second-order valence-electron chi connectivity index (χ2n) is 3.64. The zero-order chi connectivity index (χ0) is 11.1. The van der Waals surface area contributed by atoms with Crippen LogP contribution < -0.4 is 5.32 Å². The van der Waals surface area contributed by atoms with Crippen molar-refractivity contribution in [1.29, 1.82) is 0 Å². The van der Waals surface area contributed by atoms with E-state index in [4.69, 9.17) is 0 Å². The molecule has 15 heavy (non-hydrogen) atoms. The highest BCUT2D eigenvalue weighted by Gasteiger charge is 2.24. The van der Waals surface area contributed by atoms with Gasteiger partial charge in [0.2, 0.25) is 5.91 Å². The lowest BCUT2D eigenvalue weighted by Gasteiger charge is -2.23. The molecule has 84 valence electrons. The average molecular weight is 210 g/mol. The number of hydrogen-bond acceptors (Lipinski definition) is 4. The second-order valence-corrected chi connectivity index (χ2v) is 3.64. The first-order valence-corrected chi connectivity index (χ1v) is 5.24. The van der Waals surface area contributed by atoms with Crippen molar-refractivity contribution in [1.82, 2.24) is 10.4 Å². The topological polar surface area (TPSA) is 57.1 Å². The Hall–Kier alpha value is -1.39. The Labute approximate surface area is 90.2 Å². The molecular formula is C10H18N4O. The first kappa shape index (κ1) is 11.7. The smallest absolute Gasteiger partial charge is 0.223 e. The number of hydrogen-bond donors (Lipinski definition) is 1. The van der Waals surface area contributed by atoms with E-state index in [9.17, 15) is 4.79 Å². The van der Waals surface area contributed by atoms with Crippen LogP contribution in [-0.2, 0) is 4.79 Å². The summed E-state index contributed by atoms with van der Waals surface area (Å²) in [7, 11) is 1.70. The van der Waals surface area contributed by atoms with E-state index in [1.54, 1.807) is 13.3 Å². The molecule has 0 aromatic rings. The molecule has 0 atom stereocenters. The fourth-order valence-corrected chi connectivity index (χ4v) is 1.29.